The first-order chi connectivity index (χ1) is 10.9. The molecule has 2 aromatic rings. The number of rotatable bonds is 4. The van der Waals surface area contributed by atoms with Crippen molar-refractivity contribution in [1.82, 2.24) is 5.32 Å². The largest absolute Gasteiger partial charge is 0.343 e. The number of halogens is 4. The Morgan fingerprint density at radius 3 is 2.35 bits per heavy atom. The lowest BCUT2D eigenvalue weighted by atomic mass is 10.2. The van der Waals surface area contributed by atoms with E-state index in [9.17, 15) is 9.59 Å². The van der Waals surface area contributed by atoms with Crippen molar-refractivity contribution < 1.29 is 9.59 Å². The monoisotopic (exact) mass is 390 g/mol. The molecule has 2 amide bonds. The lowest BCUT2D eigenvalue weighted by Crippen LogP contribution is -2.32. The van der Waals surface area contributed by atoms with Crippen molar-refractivity contribution in [3.05, 3.63) is 62.1 Å². The summed E-state index contributed by atoms with van der Waals surface area (Å²) in [4.78, 5) is 23.8. The van der Waals surface area contributed by atoms with E-state index in [-0.39, 0.29) is 16.6 Å². The molecule has 0 saturated carbocycles. The highest BCUT2D eigenvalue weighted by Crippen LogP contribution is 2.29. The Bertz CT molecular complexity index is 765. The van der Waals surface area contributed by atoms with E-state index in [0.29, 0.717) is 21.3 Å². The minimum atomic E-state index is -0.448. The van der Waals surface area contributed by atoms with Gasteiger partial charge in [-0.1, -0.05) is 52.5 Å². The van der Waals surface area contributed by atoms with Gasteiger partial charge in [-0.05, 0) is 30.3 Å². The van der Waals surface area contributed by atoms with Gasteiger partial charge in [-0.25, -0.2) is 0 Å². The van der Waals surface area contributed by atoms with Crippen LogP contribution in [0.5, 0.6) is 0 Å². The summed E-state index contributed by atoms with van der Waals surface area (Å²) in [5, 5.41) is 6.19. The summed E-state index contributed by atoms with van der Waals surface area (Å²) in [6, 6.07) is 9.29. The Kier molecular flexibility index (Phi) is 6.13. The van der Waals surface area contributed by atoms with Crippen LogP contribution in [0.3, 0.4) is 0 Å². The molecule has 0 unspecified atom stereocenters. The highest BCUT2D eigenvalue weighted by Gasteiger charge is 2.11. The summed E-state index contributed by atoms with van der Waals surface area (Å²) < 4.78 is 0. The van der Waals surface area contributed by atoms with Crippen LogP contribution in [0, 0.1) is 0 Å². The van der Waals surface area contributed by atoms with Crippen LogP contribution in [0.15, 0.2) is 36.4 Å². The second-order valence-corrected chi connectivity index (χ2v) is 6.06. The molecule has 120 valence electrons. The lowest BCUT2D eigenvalue weighted by Gasteiger charge is -2.09. The van der Waals surface area contributed by atoms with Crippen LogP contribution in [0.1, 0.15) is 10.4 Å². The molecule has 8 heteroatoms. The molecule has 0 bridgehead atoms. The lowest BCUT2D eigenvalue weighted by molar-refractivity contribution is -0.115. The van der Waals surface area contributed by atoms with Crippen molar-refractivity contribution in [2.45, 2.75) is 0 Å². The van der Waals surface area contributed by atoms with Crippen LogP contribution in [0.25, 0.3) is 0 Å². The fourth-order valence-electron chi connectivity index (χ4n) is 1.69. The van der Waals surface area contributed by atoms with Crippen molar-refractivity contribution in [3.63, 3.8) is 0 Å². The predicted octanol–water partition coefficient (Wildman–Crippen LogP) is 4.67. The molecule has 0 spiro atoms. The summed E-state index contributed by atoms with van der Waals surface area (Å²) in [6.07, 6.45) is 0. The Morgan fingerprint density at radius 1 is 0.913 bits per heavy atom. The number of carbonyl (C=O) groups excluding carboxylic acids is 2. The Balaban J connectivity index is 1.94. The number of carbonyl (C=O) groups is 2. The number of hydrogen-bond acceptors (Lipinski definition) is 2. The van der Waals surface area contributed by atoms with E-state index < -0.39 is 11.8 Å². The molecular formula is C15H10Cl4N2O2. The van der Waals surface area contributed by atoms with E-state index in [2.05, 4.69) is 10.6 Å². The van der Waals surface area contributed by atoms with Crippen LogP contribution in [0.2, 0.25) is 20.1 Å². The number of amides is 2. The first kappa shape index (κ1) is 17.9. The minimum Gasteiger partial charge on any atom is -0.343 e. The molecule has 0 aromatic heterocycles. The van der Waals surface area contributed by atoms with Gasteiger partial charge in [-0.3, -0.25) is 9.59 Å². The zero-order valence-corrected chi connectivity index (χ0v) is 14.5. The zero-order chi connectivity index (χ0) is 17.0. The van der Waals surface area contributed by atoms with E-state index in [1.807, 2.05) is 0 Å². The van der Waals surface area contributed by atoms with Gasteiger partial charge in [0.05, 0.1) is 32.3 Å². The first-order valence-electron chi connectivity index (χ1n) is 6.35. The van der Waals surface area contributed by atoms with Crippen molar-refractivity contribution in [2.24, 2.45) is 0 Å². The van der Waals surface area contributed by atoms with E-state index in [0.717, 1.165) is 0 Å². The fraction of sp³-hybridized carbons (Fsp3) is 0.0667. The number of nitrogens with one attached hydrogen (secondary N) is 2. The third-order valence-corrected chi connectivity index (χ3v) is 4.37. The third-order valence-electron chi connectivity index (χ3n) is 2.82. The van der Waals surface area contributed by atoms with Crippen molar-refractivity contribution in [1.29, 1.82) is 0 Å². The van der Waals surface area contributed by atoms with E-state index in [4.69, 9.17) is 46.4 Å². The molecule has 0 aliphatic rings. The quantitative estimate of drug-likeness (QED) is 0.795. The van der Waals surface area contributed by atoms with Gasteiger partial charge in [0.1, 0.15) is 0 Å². The fourth-order valence-corrected chi connectivity index (χ4v) is 2.34. The summed E-state index contributed by atoms with van der Waals surface area (Å²) in [6.45, 7) is -0.234. The molecule has 2 N–H and O–H groups in total. The Morgan fingerprint density at radius 2 is 1.65 bits per heavy atom. The Hall–Kier alpha value is -1.46. The molecule has 0 atom stereocenters. The van der Waals surface area contributed by atoms with Crippen LogP contribution in [-0.4, -0.2) is 18.4 Å². The average molecular weight is 392 g/mol. The van der Waals surface area contributed by atoms with E-state index in [1.54, 1.807) is 18.2 Å². The summed E-state index contributed by atoms with van der Waals surface area (Å²) >= 11 is 23.4. The third kappa shape index (κ3) is 4.75. The first-order valence-corrected chi connectivity index (χ1v) is 7.87. The van der Waals surface area contributed by atoms with Gasteiger partial charge in [0, 0.05) is 5.56 Å². The van der Waals surface area contributed by atoms with Gasteiger partial charge < -0.3 is 10.6 Å². The van der Waals surface area contributed by atoms with Gasteiger partial charge in [0.2, 0.25) is 5.91 Å². The maximum atomic E-state index is 11.9. The number of benzene rings is 2. The van der Waals surface area contributed by atoms with Gasteiger partial charge in [0.15, 0.2) is 0 Å². The number of hydrogen-bond donors (Lipinski definition) is 2. The molecule has 0 saturated heterocycles. The van der Waals surface area contributed by atoms with Crippen molar-refractivity contribution in [2.75, 3.05) is 11.9 Å². The van der Waals surface area contributed by atoms with E-state index >= 15 is 0 Å². The average Bonchev–Trinajstić information content (AvgIpc) is 2.52. The van der Waals surface area contributed by atoms with Crippen LogP contribution < -0.4 is 10.6 Å². The molecule has 0 radical (unpaired) electrons. The second-order valence-electron chi connectivity index (χ2n) is 4.46. The van der Waals surface area contributed by atoms with E-state index in [1.165, 1.54) is 18.2 Å². The molecule has 0 aliphatic carbocycles. The van der Waals surface area contributed by atoms with Crippen molar-refractivity contribution >= 4 is 63.9 Å². The zero-order valence-electron chi connectivity index (χ0n) is 11.5. The minimum absolute atomic E-state index is 0.234. The van der Waals surface area contributed by atoms with Crippen LogP contribution in [0.4, 0.5) is 5.69 Å². The number of anilines is 1. The Labute approximate surface area is 152 Å². The topological polar surface area (TPSA) is 58.2 Å². The van der Waals surface area contributed by atoms with Crippen LogP contribution >= 0.6 is 46.4 Å². The summed E-state index contributed by atoms with van der Waals surface area (Å²) in [5.41, 5.74) is 0.668. The molecule has 4 nitrogen and oxygen atoms in total. The van der Waals surface area contributed by atoms with Gasteiger partial charge in [-0.15, -0.1) is 0 Å². The van der Waals surface area contributed by atoms with Gasteiger partial charge in [0.25, 0.3) is 5.91 Å². The van der Waals surface area contributed by atoms with Crippen LogP contribution in [-0.2, 0) is 4.79 Å². The van der Waals surface area contributed by atoms with Crippen molar-refractivity contribution in [3.8, 4) is 0 Å². The molecular weight excluding hydrogens is 382 g/mol. The second kappa shape index (κ2) is 7.88. The SMILES string of the molecule is O=C(CNC(=O)c1ccc(Cl)c(Cl)c1)Nc1cccc(Cl)c1Cl. The molecule has 0 aliphatic heterocycles. The van der Waals surface area contributed by atoms with Gasteiger partial charge >= 0.3 is 0 Å². The molecule has 0 heterocycles. The predicted molar refractivity (Wildman–Crippen MR) is 93.9 cm³/mol. The maximum Gasteiger partial charge on any atom is 0.251 e. The molecule has 2 aromatic carbocycles. The highest BCUT2D eigenvalue weighted by atomic mass is 35.5. The van der Waals surface area contributed by atoms with Gasteiger partial charge in [-0.2, -0.15) is 0 Å². The maximum absolute atomic E-state index is 11.9. The summed E-state index contributed by atoms with van der Waals surface area (Å²) in [5.74, 6) is -0.890. The smallest absolute Gasteiger partial charge is 0.251 e. The molecule has 2 rings (SSSR count). The molecule has 0 fully saturated rings. The molecule has 23 heavy (non-hydrogen) atoms. The summed E-state index contributed by atoms with van der Waals surface area (Å²) in [7, 11) is 0. The highest BCUT2D eigenvalue weighted by molar-refractivity contribution is 6.44. The normalized spacial score (nSPS) is 10.3. The standard InChI is InChI=1S/C15H10Cl4N2O2/c16-9-5-4-8(6-11(9)18)15(23)20-7-13(22)21-12-3-1-2-10(17)14(12)19/h1-6H,7H2,(H,20,23)(H,21,22).